The summed E-state index contributed by atoms with van der Waals surface area (Å²) in [6.45, 7) is 0.312. The van der Waals surface area contributed by atoms with Crippen LogP contribution < -0.4 is 15.2 Å². The minimum absolute atomic E-state index is 0.196. The molecule has 170 valence electrons. The summed E-state index contributed by atoms with van der Waals surface area (Å²) in [7, 11) is 3.21. The summed E-state index contributed by atoms with van der Waals surface area (Å²) in [6.07, 6.45) is 0.664. The first-order chi connectivity index (χ1) is 16.1. The van der Waals surface area contributed by atoms with Gasteiger partial charge in [-0.25, -0.2) is 4.79 Å². The second kappa shape index (κ2) is 8.87. The molecule has 0 aliphatic carbocycles. The van der Waals surface area contributed by atoms with Gasteiger partial charge in [0.15, 0.2) is 11.5 Å². The van der Waals surface area contributed by atoms with Crippen molar-refractivity contribution in [2.45, 2.75) is 19.0 Å². The topological polar surface area (TPSA) is 86.8 Å². The van der Waals surface area contributed by atoms with E-state index in [9.17, 15) is 9.59 Å². The second-order valence-corrected chi connectivity index (χ2v) is 9.40. The number of ether oxygens (including phenoxy) is 2. The number of nitrogens with zero attached hydrogens (tertiary/aromatic N) is 3. The molecule has 5 rings (SSSR count). The van der Waals surface area contributed by atoms with Gasteiger partial charge < -0.3 is 18.8 Å². The summed E-state index contributed by atoms with van der Waals surface area (Å²) >= 11 is 3.00. The summed E-state index contributed by atoms with van der Waals surface area (Å²) in [6, 6.07) is 11.3. The van der Waals surface area contributed by atoms with Gasteiger partial charge in [0.2, 0.25) is 5.91 Å². The first kappa shape index (κ1) is 21.5. The predicted octanol–water partition coefficient (Wildman–Crippen LogP) is 3.82. The summed E-state index contributed by atoms with van der Waals surface area (Å²) < 4.78 is 17.3. The zero-order chi connectivity index (χ0) is 22.9. The van der Waals surface area contributed by atoms with E-state index in [0.717, 1.165) is 25.6 Å². The van der Waals surface area contributed by atoms with E-state index >= 15 is 0 Å². The van der Waals surface area contributed by atoms with Gasteiger partial charge in [0.1, 0.15) is 6.54 Å². The molecule has 8 nitrogen and oxygen atoms in total. The number of aromatic nitrogens is 2. The maximum Gasteiger partial charge on any atom is 0.437 e. The third-order valence-corrected chi connectivity index (χ3v) is 7.41. The van der Waals surface area contributed by atoms with Gasteiger partial charge in [0.25, 0.3) is 5.89 Å². The SMILES string of the molecule is COc1cc2c(cc1OC)C(c1cccs1)N(C(=O)Cn1nc(-c3cccs3)oc1=O)CC2. The monoisotopic (exact) mass is 483 g/mol. The van der Waals surface area contributed by atoms with Crippen molar-refractivity contribution < 1.29 is 18.7 Å². The lowest BCUT2D eigenvalue weighted by Crippen LogP contribution is -2.43. The van der Waals surface area contributed by atoms with E-state index in [-0.39, 0.29) is 24.4 Å². The predicted molar refractivity (Wildman–Crippen MR) is 125 cm³/mol. The number of hydrogen-bond acceptors (Lipinski definition) is 8. The van der Waals surface area contributed by atoms with E-state index in [1.165, 1.54) is 11.3 Å². The van der Waals surface area contributed by atoms with Crippen molar-refractivity contribution in [3.05, 3.63) is 73.7 Å². The van der Waals surface area contributed by atoms with Crippen LogP contribution in [0, 0.1) is 0 Å². The average molecular weight is 484 g/mol. The maximum atomic E-state index is 13.4. The van der Waals surface area contributed by atoms with Crippen molar-refractivity contribution in [3.8, 4) is 22.3 Å². The van der Waals surface area contributed by atoms with Crippen molar-refractivity contribution in [1.82, 2.24) is 14.7 Å². The fourth-order valence-corrected chi connectivity index (χ4v) is 5.59. The lowest BCUT2D eigenvalue weighted by Gasteiger charge is -2.37. The van der Waals surface area contributed by atoms with Crippen molar-refractivity contribution in [2.75, 3.05) is 20.8 Å². The molecule has 1 unspecified atom stereocenters. The Bertz CT molecular complexity index is 1320. The Balaban J connectivity index is 1.49. The Hall–Kier alpha value is -3.37. The molecule has 33 heavy (non-hydrogen) atoms. The van der Waals surface area contributed by atoms with Crippen molar-refractivity contribution in [2.24, 2.45) is 0 Å². The minimum atomic E-state index is -0.650. The van der Waals surface area contributed by atoms with Gasteiger partial charge in [-0.05, 0) is 52.6 Å². The molecule has 3 aromatic heterocycles. The molecule has 0 saturated carbocycles. The summed E-state index contributed by atoms with van der Waals surface area (Å²) in [5.74, 6) is 0.639. The zero-order valence-corrected chi connectivity index (χ0v) is 19.6. The molecule has 1 aliphatic heterocycles. The van der Waals surface area contributed by atoms with Gasteiger partial charge in [-0.3, -0.25) is 4.79 Å². The number of carbonyl (C=O) groups is 1. The van der Waals surface area contributed by atoms with E-state index in [4.69, 9.17) is 13.9 Å². The molecule has 10 heteroatoms. The van der Waals surface area contributed by atoms with Crippen LogP contribution in [0.4, 0.5) is 0 Å². The Kier molecular flexibility index (Phi) is 5.77. The molecule has 1 atom stereocenters. The van der Waals surface area contributed by atoms with Gasteiger partial charge in [0.05, 0.1) is 25.1 Å². The Morgan fingerprint density at radius 1 is 1.15 bits per heavy atom. The highest BCUT2D eigenvalue weighted by molar-refractivity contribution is 7.13. The molecule has 1 aliphatic rings. The average Bonchev–Trinajstić information content (AvgIpc) is 3.60. The van der Waals surface area contributed by atoms with Crippen LogP contribution in [0.2, 0.25) is 0 Å². The van der Waals surface area contributed by atoms with Crippen LogP contribution in [0.15, 0.2) is 56.4 Å². The van der Waals surface area contributed by atoms with Crippen LogP contribution in [-0.2, 0) is 17.8 Å². The molecule has 0 N–H and O–H groups in total. The molecule has 0 radical (unpaired) electrons. The largest absolute Gasteiger partial charge is 0.493 e. The van der Waals surface area contributed by atoms with E-state index in [2.05, 4.69) is 5.10 Å². The van der Waals surface area contributed by atoms with Gasteiger partial charge in [-0.15, -0.1) is 27.8 Å². The van der Waals surface area contributed by atoms with Crippen molar-refractivity contribution in [1.29, 1.82) is 0 Å². The molecular formula is C23H21N3O5S2. The molecule has 0 spiro atoms. The quantitative estimate of drug-likeness (QED) is 0.414. The molecule has 1 amide bonds. The minimum Gasteiger partial charge on any atom is -0.493 e. The Labute approximate surface area is 197 Å². The number of fused-ring (bicyclic) bond motifs is 1. The third kappa shape index (κ3) is 3.96. The molecule has 0 bridgehead atoms. The Morgan fingerprint density at radius 2 is 1.91 bits per heavy atom. The summed E-state index contributed by atoms with van der Waals surface area (Å²) in [5, 5.41) is 8.10. The van der Waals surface area contributed by atoms with Crippen LogP contribution in [0.3, 0.4) is 0 Å². The highest BCUT2D eigenvalue weighted by atomic mass is 32.1. The lowest BCUT2D eigenvalue weighted by molar-refractivity contribution is -0.134. The number of hydrogen-bond donors (Lipinski definition) is 0. The molecule has 1 aromatic carbocycles. The van der Waals surface area contributed by atoms with E-state index in [1.54, 1.807) is 30.5 Å². The smallest absolute Gasteiger partial charge is 0.437 e. The standard InChI is InChI=1S/C23H21N3O5S2/c1-29-16-11-14-7-8-25(21(18-5-3-9-32-18)15(14)12-17(16)30-2)20(27)13-26-23(28)31-22(24-26)19-6-4-10-33-19/h3-6,9-12,21H,7-8,13H2,1-2H3. The fraction of sp³-hybridized carbons (Fsp3) is 0.261. The van der Waals surface area contributed by atoms with Gasteiger partial charge in [-0.1, -0.05) is 12.1 Å². The van der Waals surface area contributed by atoms with Crippen molar-refractivity contribution in [3.63, 3.8) is 0 Å². The molecular weight excluding hydrogens is 462 g/mol. The van der Waals surface area contributed by atoms with Crippen LogP contribution >= 0.6 is 22.7 Å². The van der Waals surface area contributed by atoms with Gasteiger partial charge >= 0.3 is 5.76 Å². The maximum absolute atomic E-state index is 13.4. The second-order valence-electron chi connectivity index (χ2n) is 7.47. The first-order valence-corrected chi connectivity index (χ1v) is 12.0. The van der Waals surface area contributed by atoms with Crippen LogP contribution in [0.5, 0.6) is 11.5 Å². The number of amides is 1. The van der Waals surface area contributed by atoms with E-state index in [0.29, 0.717) is 24.5 Å². The highest BCUT2D eigenvalue weighted by Crippen LogP contribution is 2.42. The third-order valence-electron chi connectivity index (χ3n) is 5.63. The number of thiophene rings is 2. The number of carbonyl (C=O) groups excluding carboxylic acids is 1. The number of rotatable bonds is 6. The zero-order valence-electron chi connectivity index (χ0n) is 18.0. The number of benzene rings is 1. The first-order valence-electron chi connectivity index (χ1n) is 10.3. The van der Waals surface area contributed by atoms with Crippen LogP contribution in [0.25, 0.3) is 10.8 Å². The van der Waals surface area contributed by atoms with E-state index in [1.807, 2.05) is 47.2 Å². The molecule has 4 aromatic rings. The van der Waals surface area contributed by atoms with Crippen LogP contribution in [0.1, 0.15) is 22.0 Å². The number of methoxy groups -OCH3 is 2. The summed E-state index contributed by atoms with van der Waals surface area (Å²) in [5.41, 5.74) is 2.09. The van der Waals surface area contributed by atoms with Crippen LogP contribution in [-0.4, -0.2) is 41.4 Å². The summed E-state index contributed by atoms with van der Waals surface area (Å²) in [4.78, 5) is 29.4. The lowest BCUT2D eigenvalue weighted by atomic mass is 9.90. The molecule has 0 saturated heterocycles. The van der Waals surface area contributed by atoms with Crippen molar-refractivity contribution >= 4 is 28.6 Å². The van der Waals surface area contributed by atoms with E-state index < -0.39 is 5.76 Å². The fourth-order valence-electron chi connectivity index (χ4n) is 4.09. The molecule has 4 heterocycles. The normalized spacial score (nSPS) is 15.3. The molecule has 0 fully saturated rings. The highest BCUT2D eigenvalue weighted by Gasteiger charge is 2.34. The van der Waals surface area contributed by atoms with Gasteiger partial charge in [0, 0.05) is 11.4 Å². The van der Waals surface area contributed by atoms with Gasteiger partial charge in [-0.2, -0.15) is 4.68 Å². The Morgan fingerprint density at radius 3 is 2.61 bits per heavy atom.